The number of aromatic hydroxyl groups is 1. The highest BCUT2D eigenvalue weighted by Gasteiger charge is 2.16. The van der Waals surface area contributed by atoms with Gasteiger partial charge in [0.2, 0.25) is 0 Å². The van der Waals surface area contributed by atoms with Crippen molar-refractivity contribution < 1.29 is 13.9 Å². The van der Waals surface area contributed by atoms with Crippen molar-refractivity contribution in [3.05, 3.63) is 35.6 Å². The number of oxazole rings is 1. The predicted octanol–water partition coefficient (Wildman–Crippen LogP) is 2.84. The number of rotatable bonds is 1. The maximum absolute atomic E-state index is 13.3. The van der Waals surface area contributed by atoms with Crippen LogP contribution < -0.4 is 0 Å². The molecule has 0 unspecified atom stereocenters. The lowest BCUT2D eigenvalue weighted by molar-refractivity contribution is 0.467. The lowest BCUT2D eigenvalue weighted by Gasteiger charge is -2.03. The average Bonchev–Trinajstić information content (AvgIpc) is 2.65. The van der Waals surface area contributed by atoms with Crippen LogP contribution in [0.4, 0.5) is 4.39 Å². The highest BCUT2D eigenvalue weighted by atomic mass is 35.5. The van der Waals surface area contributed by atoms with Gasteiger partial charge >= 0.3 is 0 Å². The zero-order valence-electron chi connectivity index (χ0n) is 6.87. The fraction of sp³-hybridized carbons (Fsp3) is 0. The zero-order valence-corrected chi connectivity index (χ0v) is 7.62. The van der Waals surface area contributed by atoms with E-state index in [-0.39, 0.29) is 22.1 Å². The number of benzene rings is 1. The average molecular weight is 214 g/mol. The van der Waals surface area contributed by atoms with Gasteiger partial charge in [-0.05, 0) is 12.1 Å². The molecule has 1 aromatic heterocycles. The summed E-state index contributed by atoms with van der Waals surface area (Å²) in [6.07, 6.45) is 2.45. The van der Waals surface area contributed by atoms with Crippen molar-refractivity contribution in [2.24, 2.45) is 0 Å². The van der Waals surface area contributed by atoms with Crippen LogP contribution in [0, 0.1) is 5.82 Å². The van der Waals surface area contributed by atoms with Gasteiger partial charge in [-0.1, -0.05) is 11.6 Å². The van der Waals surface area contributed by atoms with Crippen molar-refractivity contribution in [1.82, 2.24) is 4.98 Å². The van der Waals surface area contributed by atoms with Crippen LogP contribution in [0.25, 0.3) is 11.3 Å². The quantitative estimate of drug-likeness (QED) is 0.792. The Morgan fingerprint density at radius 3 is 2.86 bits per heavy atom. The lowest BCUT2D eigenvalue weighted by Crippen LogP contribution is -1.84. The topological polar surface area (TPSA) is 46.3 Å². The molecule has 2 rings (SSSR count). The number of halogens is 2. The monoisotopic (exact) mass is 213 g/mol. The second kappa shape index (κ2) is 3.31. The normalized spacial score (nSPS) is 10.4. The van der Waals surface area contributed by atoms with Gasteiger partial charge in [0.05, 0.1) is 16.8 Å². The van der Waals surface area contributed by atoms with Crippen molar-refractivity contribution >= 4 is 11.6 Å². The van der Waals surface area contributed by atoms with Crippen molar-refractivity contribution in [2.75, 3.05) is 0 Å². The molecule has 0 bridgehead atoms. The zero-order chi connectivity index (χ0) is 10.1. The number of aromatic nitrogens is 1. The minimum Gasteiger partial charge on any atom is -0.505 e. The molecule has 1 aromatic carbocycles. The van der Waals surface area contributed by atoms with Gasteiger partial charge in [-0.15, -0.1) is 0 Å². The number of nitrogens with zero attached hydrogens (tertiary/aromatic N) is 1. The third-order valence-corrected chi connectivity index (χ3v) is 2.06. The minimum atomic E-state index is -0.608. The van der Waals surface area contributed by atoms with Crippen LogP contribution in [0.15, 0.2) is 29.1 Å². The summed E-state index contributed by atoms with van der Waals surface area (Å²) in [6.45, 7) is 0. The molecule has 0 aliphatic heterocycles. The standard InChI is InChI=1S/C9H5ClFNO2/c10-5-1-2-6(11)8(9(5)13)7-3-12-4-14-7/h1-4,13H. The molecule has 14 heavy (non-hydrogen) atoms. The van der Waals surface area contributed by atoms with Crippen LogP contribution in [0.2, 0.25) is 5.02 Å². The van der Waals surface area contributed by atoms with E-state index in [4.69, 9.17) is 16.0 Å². The highest BCUT2D eigenvalue weighted by molar-refractivity contribution is 6.32. The van der Waals surface area contributed by atoms with Crippen LogP contribution in [0.1, 0.15) is 0 Å². The van der Waals surface area contributed by atoms with E-state index in [9.17, 15) is 9.50 Å². The number of phenolic OH excluding ortho intramolecular Hbond substituents is 1. The van der Waals surface area contributed by atoms with E-state index < -0.39 is 5.82 Å². The molecule has 0 radical (unpaired) electrons. The molecular weight excluding hydrogens is 209 g/mol. The first-order chi connectivity index (χ1) is 6.70. The Morgan fingerprint density at radius 2 is 2.21 bits per heavy atom. The number of hydrogen-bond donors (Lipinski definition) is 1. The molecule has 0 aliphatic carbocycles. The molecule has 0 amide bonds. The fourth-order valence-electron chi connectivity index (χ4n) is 1.11. The van der Waals surface area contributed by atoms with E-state index in [1.807, 2.05) is 0 Å². The maximum atomic E-state index is 13.3. The van der Waals surface area contributed by atoms with Gasteiger partial charge in [0.25, 0.3) is 0 Å². The predicted molar refractivity (Wildman–Crippen MR) is 48.6 cm³/mol. The van der Waals surface area contributed by atoms with Gasteiger partial charge in [0, 0.05) is 0 Å². The Balaban J connectivity index is 2.69. The summed E-state index contributed by atoms with van der Waals surface area (Å²) in [4.78, 5) is 3.62. The van der Waals surface area contributed by atoms with Crippen LogP contribution in [-0.4, -0.2) is 10.1 Å². The maximum Gasteiger partial charge on any atom is 0.181 e. The van der Waals surface area contributed by atoms with E-state index in [0.29, 0.717) is 0 Å². The molecule has 0 saturated carbocycles. The Morgan fingerprint density at radius 1 is 1.43 bits per heavy atom. The Bertz CT molecular complexity index is 456. The van der Waals surface area contributed by atoms with Gasteiger partial charge in [-0.2, -0.15) is 0 Å². The molecule has 72 valence electrons. The van der Waals surface area contributed by atoms with Gasteiger partial charge in [0.1, 0.15) is 11.6 Å². The van der Waals surface area contributed by atoms with Gasteiger partial charge in [-0.3, -0.25) is 0 Å². The molecule has 0 fully saturated rings. The second-order valence-electron chi connectivity index (χ2n) is 2.62. The molecule has 0 saturated heterocycles. The number of phenols is 1. The van der Waals surface area contributed by atoms with Crippen molar-refractivity contribution in [3.63, 3.8) is 0 Å². The summed E-state index contributed by atoms with van der Waals surface area (Å²) in [6, 6.07) is 2.42. The summed E-state index contributed by atoms with van der Waals surface area (Å²) in [5.41, 5.74) is -0.0741. The minimum absolute atomic E-state index is 0.0674. The summed E-state index contributed by atoms with van der Waals surface area (Å²) < 4.78 is 18.2. The first-order valence-corrected chi connectivity index (χ1v) is 4.14. The van der Waals surface area contributed by atoms with Gasteiger partial charge in [0.15, 0.2) is 12.2 Å². The third-order valence-electron chi connectivity index (χ3n) is 1.76. The number of hydrogen-bond acceptors (Lipinski definition) is 3. The SMILES string of the molecule is Oc1c(Cl)ccc(F)c1-c1cnco1. The summed E-state index contributed by atoms with van der Waals surface area (Å²) >= 11 is 5.62. The van der Waals surface area contributed by atoms with Crippen LogP contribution in [0.5, 0.6) is 5.75 Å². The highest BCUT2D eigenvalue weighted by Crippen LogP contribution is 2.36. The fourth-order valence-corrected chi connectivity index (χ4v) is 1.27. The third kappa shape index (κ3) is 1.33. The second-order valence-corrected chi connectivity index (χ2v) is 3.03. The molecule has 0 atom stereocenters. The molecular formula is C9H5ClFNO2. The molecule has 3 nitrogen and oxygen atoms in total. The summed E-state index contributed by atoms with van der Waals surface area (Å²) in [7, 11) is 0. The smallest absolute Gasteiger partial charge is 0.181 e. The Labute approximate surface area is 83.8 Å². The van der Waals surface area contributed by atoms with Crippen LogP contribution in [0.3, 0.4) is 0 Å². The van der Waals surface area contributed by atoms with Crippen LogP contribution in [-0.2, 0) is 0 Å². The van der Waals surface area contributed by atoms with E-state index in [2.05, 4.69) is 4.98 Å². The molecule has 0 spiro atoms. The summed E-state index contributed by atoms with van der Waals surface area (Å²) in [5.74, 6) is -0.811. The van der Waals surface area contributed by atoms with E-state index in [1.165, 1.54) is 12.3 Å². The Kier molecular flexibility index (Phi) is 2.13. The summed E-state index contributed by atoms with van der Waals surface area (Å²) in [5, 5.41) is 9.56. The first kappa shape index (κ1) is 9.02. The van der Waals surface area contributed by atoms with Gasteiger partial charge in [-0.25, -0.2) is 9.37 Å². The molecule has 1 heterocycles. The Hall–Kier alpha value is -1.55. The largest absolute Gasteiger partial charge is 0.505 e. The van der Waals surface area contributed by atoms with Crippen molar-refractivity contribution in [2.45, 2.75) is 0 Å². The molecule has 0 aliphatic rings. The molecule has 5 heteroatoms. The van der Waals surface area contributed by atoms with Crippen LogP contribution >= 0.6 is 11.6 Å². The van der Waals surface area contributed by atoms with E-state index in [1.54, 1.807) is 0 Å². The van der Waals surface area contributed by atoms with E-state index >= 15 is 0 Å². The lowest BCUT2D eigenvalue weighted by atomic mass is 10.1. The van der Waals surface area contributed by atoms with Crippen molar-refractivity contribution in [3.8, 4) is 17.1 Å². The van der Waals surface area contributed by atoms with Crippen molar-refractivity contribution in [1.29, 1.82) is 0 Å². The van der Waals surface area contributed by atoms with Gasteiger partial charge < -0.3 is 9.52 Å². The van der Waals surface area contributed by atoms with E-state index in [0.717, 1.165) is 12.5 Å². The molecule has 1 N–H and O–H groups in total. The first-order valence-electron chi connectivity index (χ1n) is 3.76. The molecule has 2 aromatic rings.